The van der Waals surface area contributed by atoms with Crippen molar-refractivity contribution < 1.29 is 0 Å². The van der Waals surface area contributed by atoms with Crippen LogP contribution in [0, 0.1) is 0 Å². The smallest absolute Gasteiger partial charge is 0.136 e. The van der Waals surface area contributed by atoms with E-state index in [1.807, 2.05) is 24.4 Å². The topological polar surface area (TPSA) is 45.4 Å². The molecule has 0 saturated carbocycles. The summed E-state index contributed by atoms with van der Waals surface area (Å²) in [5.41, 5.74) is 6.67. The first-order chi connectivity index (χ1) is 9.65. The average Bonchev–Trinajstić information content (AvgIpc) is 2.46. The maximum atomic E-state index is 5.87. The second-order valence-electron chi connectivity index (χ2n) is 5.76. The third-order valence-electron chi connectivity index (χ3n) is 4.34. The molecule has 4 nitrogen and oxygen atoms in total. The van der Waals surface area contributed by atoms with Crippen molar-refractivity contribution in [3.8, 4) is 0 Å². The Morgan fingerprint density at radius 2 is 2.00 bits per heavy atom. The van der Waals surface area contributed by atoms with Gasteiger partial charge in [-0.05, 0) is 62.6 Å². The minimum Gasteiger partial charge on any atom is -0.399 e. The first kappa shape index (κ1) is 13.2. The molecule has 2 aromatic rings. The summed E-state index contributed by atoms with van der Waals surface area (Å²) in [5, 5.41) is 2.35. The van der Waals surface area contributed by atoms with Gasteiger partial charge < -0.3 is 15.5 Å². The Labute approximate surface area is 120 Å². The molecule has 2 N–H and O–H groups in total. The monoisotopic (exact) mass is 270 g/mol. The van der Waals surface area contributed by atoms with E-state index in [0.29, 0.717) is 6.04 Å². The summed E-state index contributed by atoms with van der Waals surface area (Å²) in [6.07, 6.45) is 4.27. The third kappa shape index (κ3) is 2.43. The van der Waals surface area contributed by atoms with Crippen molar-refractivity contribution >= 4 is 22.3 Å². The molecule has 0 radical (unpaired) electrons. The molecule has 0 spiro atoms. The maximum Gasteiger partial charge on any atom is 0.136 e. The molecule has 0 unspecified atom stereocenters. The molecule has 4 heteroatoms. The fourth-order valence-corrected chi connectivity index (χ4v) is 3.02. The van der Waals surface area contributed by atoms with Gasteiger partial charge in [0.05, 0.1) is 0 Å². The maximum absolute atomic E-state index is 5.87. The van der Waals surface area contributed by atoms with Crippen molar-refractivity contribution in [1.29, 1.82) is 0 Å². The lowest BCUT2D eigenvalue weighted by atomic mass is 10.0. The number of nitrogens with zero attached hydrogens (tertiary/aromatic N) is 3. The Kier molecular flexibility index (Phi) is 3.49. The van der Waals surface area contributed by atoms with Crippen LogP contribution in [0.25, 0.3) is 10.8 Å². The number of rotatable bonds is 2. The van der Waals surface area contributed by atoms with E-state index in [1.54, 1.807) is 0 Å². The van der Waals surface area contributed by atoms with Crippen LogP contribution in [0.3, 0.4) is 0 Å². The fourth-order valence-electron chi connectivity index (χ4n) is 3.02. The Bertz CT molecular complexity index is 602. The number of hydrogen-bond donors (Lipinski definition) is 1. The van der Waals surface area contributed by atoms with E-state index in [-0.39, 0.29) is 0 Å². The molecule has 0 amide bonds. The number of likely N-dealkylation sites (tertiary alicyclic amines) is 1. The van der Waals surface area contributed by atoms with Crippen LogP contribution in [0.15, 0.2) is 30.5 Å². The zero-order valence-corrected chi connectivity index (χ0v) is 12.2. The highest BCUT2D eigenvalue weighted by Crippen LogP contribution is 2.28. The van der Waals surface area contributed by atoms with Crippen LogP contribution < -0.4 is 10.6 Å². The molecule has 0 atom stereocenters. The van der Waals surface area contributed by atoms with Gasteiger partial charge in [-0.25, -0.2) is 4.98 Å². The van der Waals surface area contributed by atoms with Gasteiger partial charge in [-0.1, -0.05) is 0 Å². The van der Waals surface area contributed by atoms with Crippen molar-refractivity contribution in [1.82, 2.24) is 9.88 Å². The van der Waals surface area contributed by atoms with E-state index in [2.05, 4.69) is 34.9 Å². The van der Waals surface area contributed by atoms with E-state index in [9.17, 15) is 0 Å². The van der Waals surface area contributed by atoms with Gasteiger partial charge in [-0.2, -0.15) is 0 Å². The minimum absolute atomic E-state index is 0.571. The summed E-state index contributed by atoms with van der Waals surface area (Å²) in [6, 6.07) is 8.65. The van der Waals surface area contributed by atoms with Crippen LogP contribution in [-0.4, -0.2) is 43.1 Å². The van der Waals surface area contributed by atoms with Crippen LogP contribution >= 0.6 is 0 Å². The number of nitrogen functional groups attached to an aromatic ring is 1. The lowest BCUT2D eigenvalue weighted by molar-refractivity contribution is 0.252. The Morgan fingerprint density at radius 1 is 1.25 bits per heavy atom. The number of nitrogens with two attached hydrogens (primary N) is 1. The Balaban J connectivity index is 1.93. The quantitative estimate of drug-likeness (QED) is 0.851. The first-order valence-electron chi connectivity index (χ1n) is 7.21. The zero-order valence-electron chi connectivity index (χ0n) is 12.2. The summed E-state index contributed by atoms with van der Waals surface area (Å²) in [5.74, 6) is 1.07. The molecule has 1 saturated heterocycles. The van der Waals surface area contributed by atoms with Gasteiger partial charge in [-0.3, -0.25) is 0 Å². The zero-order chi connectivity index (χ0) is 14.1. The lowest BCUT2D eigenvalue weighted by Crippen LogP contribution is -2.42. The van der Waals surface area contributed by atoms with Gasteiger partial charge >= 0.3 is 0 Å². The third-order valence-corrected chi connectivity index (χ3v) is 4.34. The normalized spacial score (nSPS) is 17.5. The van der Waals surface area contributed by atoms with Crippen LogP contribution in [0.4, 0.5) is 11.5 Å². The lowest BCUT2D eigenvalue weighted by Gasteiger charge is -2.36. The van der Waals surface area contributed by atoms with Crippen molar-refractivity contribution in [3.05, 3.63) is 30.5 Å². The number of pyridine rings is 1. The molecule has 106 valence electrons. The molecule has 1 aliphatic heterocycles. The van der Waals surface area contributed by atoms with E-state index in [0.717, 1.165) is 30.0 Å². The summed E-state index contributed by atoms with van der Waals surface area (Å²) >= 11 is 0. The molecule has 20 heavy (non-hydrogen) atoms. The molecule has 0 aliphatic carbocycles. The molecule has 0 bridgehead atoms. The summed E-state index contributed by atoms with van der Waals surface area (Å²) < 4.78 is 0. The van der Waals surface area contributed by atoms with Gasteiger partial charge in [0.2, 0.25) is 0 Å². The summed E-state index contributed by atoms with van der Waals surface area (Å²) in [6.45, 7) is 2.32. The first-order valence-corrected chi connectivity index (χ1v) is 7.21. The highest BCUT2D eigenvalue weighted by atomic mass is 15.2. The van der Waals surface area contributed by atoms with Crippen LogP contribution in [0.2, 0.25) is 0 Å². The van der Waals surface area contributed by atoms with E-state index < -0.39 is 0 Å². The average molecular weight is 270 g/mol. The fraction of sp³-hybridized carbons (Fsp3) is 0.438. The molecular weight excluding hydrogens is 248 g/mol. The van der Waals surface area contributed by atoms with Crippen molar-refractivity contribution in [2.75, 3.05) is 37.8 Å². The second kappa shape index (κ2) is 5.29. The number of aromatic nitrogens is 1. The number of anilines is 2. The summed E-state index contributed by atoms with van der Waals surface area (Å²) in [7, 11) is 4.35. The second-order valence-corrected chi connectivity index (χ2v) is 5.76. The van der Waals surface area contributed by atoms with Crippen LogP contribution in [0.1, 0.15) is 12.8 Å². The molecule has 1 fully saturated rings. The number of benzene rings is 1. The largest absolute Gasteiger partial charge is 0.399 e. The molecule has 1 aromatic heterocycles. The predicted molar refractivity (Wildman–Crippen MR) is 85.1 cm³/mol. The standard InChI is InChI=1S/C16H22N4/c1-19-9-6-14(7-10-19)20(2)16-15-4-3-13(17)11-12(15)5-8-18-16/h3-5,8,11,14H,6-7,9-10,17H2,1-2H3. The Morgan fingerprint density at radius 3 is 2.75 bits per heavy atom. The SMILES string of the molecule is CN1CCC(N(C)c2nccc3cc(N)ccc23)CC1. The molecular formula is C16H22N4. The molecule has 2 heterocycles. The number of piperidine rings is 1. The van der Waals surface area contributed by atoms with Gasteiger partial charge in [0.25, 0.3) is 0 Å². The van der Waals surface area contributed by atoms with Gasteiger partial charge in [0.15, 0.2) is 0 Å². The highest BCUT2D eigenvalue weighted by Gasteiger charge is 2.22. The van der Waals surface area contributed by atoms with E-state index in [1.165, 1.54) is 18.2 Å². The van der Waals surface area contributed by atoms with Crippen molar-refractivity contribution in [3.63, 3.8) is 0 Å². The van der Waals surface area contributed by atoms with Crippen LogP contribution in [0.5, 0.6) is 0 Å². The predicted octanol–water partition coefficient (Wildman–Crippen LogP) is 2.35. The van der Waals surface area contributed by atoms with E-state index >= 15 is 0 Å². The van der Waals surface area contributed by atoms with Crippen molar-refractivity contribution in [2.45, 2.75) is 18.9 Å². The Hall–Kier alpha value is -1.81. The number of fused-ring (bicyclic) bond motifs is 1. The van der Waals surface area contributed by atoms with Crippen LogP contribution in [-0.2, 0) is 0 Å². The van der Waals surface area contributed by atoms with Crippen molar-refractivity contribution in [2.24, 2.45) is 0 Å². The molecule has 1 aliphatic rings. The van der Waals surface area contributed by atoms with Gasteiger partial charge in [-0.15, -0.1) is 0 Å². The van der Waals surface area contributed by atoms with E-state index in [4.69, 9.17) is 5.73 Å². The highest BCUT2D eigenvalue weighted by molar-refractivity contribution is 5.93. The summed E-state index contributed by atoms with van der Waals surface area (Å²) in [4.78, 5) is 9.33. The number of hydrogen-bond acceptors (Lipinski definition) is 4. The molecule has 1 aromatic carbocycles. The van der Waals surface area contributed by atoms with Gasteiger partial charge in [0, 0.05) is 30.4 Å². The van der Waals surface area contributed by atoms with Gasteiger partial charge in [0.1, 0.15) is 5.82 Å². The minimum atomic E-state index is 0.571. The molecule has 3 rings (SSSR count).